The van der Waals surface area contributed by atoms with Crippen molar-refractivity contribution in [3.63, 3.8) is 0 Å². The first-order chi connectivity index (χ1) is 6.68. The molecule has 0 atom stereocenters. The summed E-state index contributed by atoms with van der Waals surface area (Å²) >= 11 is 0. The van der Waals surface area contributed by atoms with E-state index in [-0.39, 0.29) is 0 Å². The Labute approximate surface area is 86.2 Å². The molecule has 0 fully saturated rings. The first-order valence-electron chi connectivity index (χ1n) is 5.30. The van der Waals surface area contributed by atoms with Gasteiger partial charge in [0.25, 0.3) is 0 Å². The molecular formula is C11H21NO2. The van der Waals surface area contributed by atoms with Crippen molar-refractivity contribution in [3.05, 3.63) is 12.2 Å². The van der Waals surface area contributed by atoms with E-state index in [1.165, 1.54) is 12.8 Å². The van der Waals surface area contributed by atoms with Crippen LogP contribution in [0.4, 0.5) is 0 Å². The van der Waals surface area contributed by atoms with Crippen LogP contribution in [0.15, 0.2) is 12.2 Å². The smallest absolute Gasteiger partial charge is 0.330 e. The van der Waals surface area contributed by atoms with Crippen LogP contribution >= 0.6 is 0 Å². The Balaban J connectivity index is 3.13. The van der Waals surface area contributed by atoms with E-state index >= 15 is 0 Å². The zero-order valence-electron chi connectivity index (χ0n) is 9.01. The zero-order chi connectivity index (χ0) is 10.8. The van der Waals surface area contributed by atoms with E-state index in [1.54, 1.807) is 0 Å². The van der Waals surface area contributed by atoms with E-state index in [2.05, 4.69) is 18.8 Å². The molecule has 0 radical (unpaired) electrons. The van der Waals surface area contributed by atoms with Gasteiger partial charge in [0.15, 0.2) is 0 Å². The fourth-order valence-corrected chi connectivity index (χ4v) is 1.12. The zero-order valence-corrected chi connectivity index (χ0v) is 9.01. The Morgan fingerprint density at radius 2 is 1.93 bits per heavy atom. The molecule has 0 saturated heterocycles. The number of unbranched alkanes of at least 4 members (excludes halogenated alkanes) is 2. The summed E-state index contributed by atoms with van der Waals surface area (Å²) in [5, 5.41) is 11.9. The number of hydrogen-bond donors (Lipinski definition) is 2. The predicted octanol–water partition coefficient (Wildman–Crippen LogP) is 2.19. The Morgan fingerprint density at radius 1 is 1.29 bits per heavy atom. The fraction of sp³-hybridized carbons (Fsp3) is 0.727. The van der Waals surface area contributed by atoms with Gasteiger partial charge in [0.2, 0.25) is 0 Å². The van der Waals surface area contributed by atoms with E-state index in [1.807, 2.05) is 0 Å². The van der Waals surface area contributed by atoms with Crippen LogP contribution in [0.5, 0.6) is 0 Å². The number of hydrogen-bond acceptors (Lipinski definition) is 2. The van der Waals surface area contributed by atoms with Gasteiger partial charge in [0, 0.05) is 5.57 Å². The lowest BCUT2D eigenvalue weighted by Gasteiger charge is -2.03. The number of carbonyl (C=O) groups is 1. The maximum Gasteiger partial charge on any atom is 0.330 e. The monoisotopic (exact) mass is 199 g/mol. The molecule has 14 heavy (non-hydrogen) atoms. The topological polar surface area (TPSA) is 49.3 Å². The maximum atomic E-state index is 10.4. The van der Waals surface area contributed by atoms with Crippen LogP contribution in [-0.2, 0) is 4.79 Å². The summed E-state index contributed by atoms with van der Waals surface area (Å²) in [4.78, 5) is 10.4. The first kappa shape index (κ1) is 13.2. The van der Waals surface area contributed by atoms with Crippen LogP contribution in [0.1, 0.15) is 39.0 Å². The van der Waals surface area contributed by atoms with Crippen molar-refractivity contribution in [1.82, 2.24) is 5.32 Å². The molecule has 3 heteroatoms. The van der Waals surface area contributed by atoms with Crippen LogP contribution < -0.4 is 5.32 Å². The molecule has 0 rings (SSSR count). The van der Waals surface area contributed by atoms with E-state index in [9.17, 15) is 4.79 Å². The molecule has 82 valence electrons. The molecule has 3 nitrogen and oxygen atoms in total. The van der Waals surface area contributed by atoms with E-state index in [0.29, 0.717) is 12.0 Å². The molecule has 0 aliphatic rings. The summed E-state index contributed by atoms with van der Waals surface area (Å²) in [5.41, 5.74) is 0.318. The van der Waals surface area contributed by atoms with Crippen LogP contribution in [-0.4, -0.2) is 24.2 Å². The van der Waals surface area contributed by atoms with Crippen LogP contribution in [0.25, 0.3) is 0 Å². The highest BCUT2D eigenvalue weighted by Gasteiger charge is 2.02. The predicted molar refractivity (Wildman–Crippen MR) is 58.4 cm³/mol. The summed E-state index contributed by atoms with van der Waals surface area (Å²) in [5.74, 6) is -0.871. The highest BCUT2D eigenvalue weighted by molar-refractivity contribution is 5.85. The molecule has 2 N–H and O–H groups in total. The van der Waals surface area contributed by atoms with Gasteiger partial charge in [0.05, 0.1) is 0 Å². The van der Waals surface area contributed by atoms with Gasteiger partial charge in [-0.2, -0.15) is 0 Å². The third kappa shape index (κ3) is 7.80. The molecule has 0 aromatic rings. The van der Waals surface area contributed by atoms with Gasteiger partial charge in [0.1, 0.15) is 0 Å². The molecule has 0 unspecified atom stereocenters. The van der Waals surface area contributed by atoms with Crippen LogP contribution in [0, 0.1) is 0 Å². The molecule has 0 saturated carbocycles. The molecular weight excluding hydrogens is 178 g/mol. The third-order valence-electron chi connectivity index (χ3n) is 2.09. The molecule has 0 aliphatic carbocycles. The lowest BCUT2D eigenvalue weighted by Crippen LogP contribution is -2.16. The molecule has 0 aromatic carbocycles. The molecule has 0 bridgehead atoms. The normalized spacial score (nSPS) is 10.1. The minimum Gasteiger partial charge on any atom is -0.478 e. The lowest BCUT2D eigenvalue weighted by molar-refractivity contribution is -0.132. The van der Waals surface area contributed by atoms with Gasteiger partial charge in [-0.3, -0.25) is 0 Å². The Morgan fingerprint density at radius 3 is 2.50 bits per heavy atom. The highest BCUT2D eigenvalue weighted by atomic mass is 16.4. The van der Waals surface area contributed by atoms with Crippen molar-refractivity contribution in [2.24, 2.45) is 0 Å². The molecule has 0 aromatic heterocycles. The average Bonchev–Trinajstić information content (AvgIpc) is 2.16. The van der Waals surface area contributed by atoms with Crippen molar-refractivity contribution in [3.8, 4) is 0 Å². The number of nitrogens with one attached hydrogen (secondary N) is 1. The van der Waals surface area contributed by atoms with Crippen molar-refractivity contribution < 1.29 is 9.90 Å². The SMILES string of the molecule is C=C(CCCCNCCCC)C(=O)O. The molecule has 0 aliphatic heterocycles. The highest BCUT2D eigenvalue weighted by Crippen LogP contribution is 2.04. The van der Waals surface area contributed by atoms with Gasteiger partial charge in [-0.25, -0.2) is 4.79 Å². The summed E-state index contributed by atoms with van der Waals surface area (Å²) in [7, 11) is 0. The van der Waals surface area contributed by atoms with Crippen molar-refractivity contribution in [2.45, 2.75) is 39.0 Å². The largest absolute Gasteiger partial charge is 0.478 e. The van der Waals surface area contributed by atoms with Gasteiger partial charge in [-0.15, -0.1) is 0 Å². The standard InChI is InChI=1S/C11H21NO2/c1-3-4-8-12-9-6-5-7-10(2)11(13)14/h12H,2-9H2,1H3,(H,13,14). The van der Waals surface area contributed by atoms with Gasteiger partial charge in [-0.1, -0.05) is 19.9 Å². The first-order valence-corrected chi connectivity index (χ1v) is 5.30. The third-order valence-corrected chi connectivity index (χ3v) is 2.09. The van der Waals surface area contributed by atoms with E-state index in [4.69, 9.17) is 5.11 Å². The second-order valence-corrected chi connectivity index (χ2v) is 3.47. The Bertz CT molecular complexity index is 178. The van der Waals surface area contributed by atoms with Crippen molar-refractivity contribution in [1.29, 1.82) is 0 Å². The molecule has 0 amide bonds. The lowest BCUT2D eigenvalue weighted by atomic mass is 10.1. The molecule has 0 heterocycles. The minimum atomic E-state index is -0.871. The van der Waals surface area contributed by atoms with E-state index in [0.717, 1.165) is 25.9 Å². The number of aliphatic carboxylic acids is 1. The number of carboxylic acid groups (broad SMARTS) is 1. The van der Waals surface area contributed by atoms with Gasteiger partial charge < -0.3 is 10.4 Å². The maximum absolute atomic E-state index is 10.4. The quantitative estimate of drug-likeness (QED) is 0.442. The summed E-state index contributed by atoms with van der Waals surface area (Å²) in [6.45, 7) is 7.69. The minimum absolute atomic E-state index is 0.318. The fourth-order valence-electron chi connectivity index (χ4n) is 1.12. The summed E-state index contributed by atoms with van der Waals surface area (Å²) in [6, 6.07) is 0. The Hall–Kier alpha value is -0.830. The molecule has 0 spiro atoms. The number of carboxylic acids is 1. The van der Waals surface area contributed by atoms with Crippen molar-refractivity contribution in [2.75, 3.05) is 13.1 Å². The second-order valence-electron chi connectivity index (χ2n) is 3.47. The van der Waals surface area contributed by atoms with Crippen LogP contribution in [0.2, 0.25) is 0 Å². The van der Waals surface area contributed by atoms with Crippen molar-refractivity contribution >= 4 is 5.97 Å². The van der Waals surface area contributed by atoms with Gasteiger partial charge >= 0.3 is 5.97 Å². The van der Waals surface area contributed by atoms with Crippen LogP contribution in [0.3, 0.4) is 0 Å². The summed E-state index contributed by atoms with van der Waals surface area (Å²) < 4.78 is 0. The summed E-state index contributed by atoms with van der Waals surface area (Å²) in [6.07, 6.45) is 4.95. The van der Waals surface area contributed by atoms with Gasteiger partial charge in [-0.05, 0) is 38.8 Å². The Kier molecular flexibility index (Phi) is 8.24. The van der Waals surface area contributed by atoms with E-state index < -0.39 is 5.97 Å². The average molecular weight is 199 g/mol. The second kappa shape index (κ2) is 8.75. The number of rotatable bonds is 9.